The molecule has 0 aromatic rings. The molecule has 2 heteroatoms. The van der Waals surface area contributed by atoms with Gasteiger partial charge in [-0.15, -0.1) is 0 Å². The first-order valence-corrected chi connectivity index (χ1v) is 9.05. The van der Waals surface area contributed by atoms with E-state index in [1.807, 2.05) is 0 Å². The Balaban J connectivity index is 2.53. The molecular formula is C18H38N2. The third-order valence-electron chi connectivity index (χ3n) is 5.31. The molecular weight excluding hydrogens is 244 g/mol. The fraction of sp³-hybridized carbons (Fsp3) is 1.00. The Hall–Kier alpha value is -0.0800. The summed E-state index contributed by atoms with van der Waals surface area (Å²) in [5.74, 6) is 1.82. The van der Waals surface area contributed by atoms with Gasteiger partial charge in [0, 0.05) is 18.6 Å². The van der Waals surface area contributed by atoms with Crippen LogP contribution in [0, 0.1) is 11.8 Å². The van der Waals surface area contributed by atoms with E-state index in [4.69, 9.17) is 0 Å². The van der Waals surface area contributed by atoms with Gasteiger partial charge >= 0.3 is 0 Å². The van der Waals surface area contributed by atoms with Crippen LogP contribution in [0.4, 0.5) is 0 Å². The maximum absolute atomic E-state index is 3.82. The number of nitrogens with one attached hydrogen (secondary N) is 1. The third-order valence-corrected chi connectivity index (χ3v) is 5.31. The molecule has 0 heterocycles. The van der Waals surface area contributed by atoms with E-state index in [0.717, 1.165) is 23.9 Å². The second-order valence-electron chi connectivity index (χ2n) is 6.99. The first-order valence-electron chi connectivity index (χ1n) is 9.05. The van der Waals surface area contributed by atoms with Crippen molar-refractivity contribution < 1.29 is 0 Å². The highest BCUT2D eigenvalue weighted by Crippen LogP contribution is 2.32. The Bertz CT molecular complexity index is 242. The molecule has 2 nitrogen and oxygen atoms in total. The zero-order chi connectivity index (χ0) is 15.0. The molecule has 1 aliphatic rings. The van der Waals surface area contributed by atoms with Gasteiger partial charge in [0.05, 0.1) is 0 Å². The van der Waals surface area contributed by atoms with E-state index in [-0.39, 0.29) is 0 Å². The molecule has 0 aromatic carbocycles. The summed E-state index contributed by atoms with van der Waals surface area (Å²) < 4.78 is 0. The van der Waals surface area contributed by atoms with E-state index in [1.54, 1.807) is 0 Å². The Morgan fingerprint density at radius 2 is 1.90 bits per heavy atom. The molecule has 1 rings (SSSR count). The Labute approximate surface area is 127 Å². The van der Waals surface area contributed by atoms with Crippen LogP contribution in [0.5, 0.6) is 0 Å². The monoisotopic (exact) mass is 282 g/mol. The molecule has 4 atom stereocenters. The van der Waals surface area contributed by atoms with Crippen molar-refractivity contribution in [3.63, 3.8) is 0 Å². The zero-order valence-corrected chi connectivity index (χ0v) is 14.6. The van der Waals surface area contributed by atoms with Gasteiger partial charge < -0.3 is 10.2 Å². The summed E-state index contributed by atoms with van der Waals surface area (Å²) in [6.07, 6.45) is 9.50. The fourth-order valence-corrected chi connectivity index (χ4v) is 3.72. The summed E-state index contributed by atoms with van der Waals surface area (Å²) in [7, 11) is 2.33. The van der Waals surface area contributed by atoms with Crippen molar-refractivity contribution in [1.82, 2.24) is 10.2 Å². The Kier molecular flexibility index (Phi) is 8.79. The highest BCUT2D eigenvalue weighted by atomic mass is 15.1. The largest absolute Gasteiger partial charge is 0.314 e. The minimum absolute atomic E-state index is 0.730. The van der Waals surface area contributed by atoms with Crippen LogP contribution in [0.1, 0.15) is 72.6 Å². The van der Waals surface area contributed by atoms with Gasteiger partial charge in [0.15, 0.2) is 0 Å². The molecule has 0 aromatic heterocycles. The average molecular weight is 283 g/mol. The van der Waals surface area contributed by atoms with Gasteiger partial charge in [-0.05, 0) is 64.5 Å². The first-order chi connectivity index (χ1) is 9.62. The molecule has 1 N–H and O–H groups in total. The highest BCUT2D eigenvalue weighted by Gasteiger charge is 2.30. The molecule has 0 bridgehead atoms. The van der Waals surface area contributed by atoms with Crippen molar-refractivity contribution in [2.75, 3.05) is 20.1 Å². The van der Waals surface area contributed by atoms with Gasteiger partial charge in [-0.25, -0.2) is 0 Å². The van der Waals surface area contributed by atoms with Crippen molar-refractivity contribution in [3.8, 4) is 0 Å². The quantitative estimate of drug-likeness (QED) is 0.678. The van der Waals surface area contributed by atoms with E-state index < -0.39 is 0 Å². The minimum Gasteiger partial charge on any atom is -0.314 e. The van der Waals surface area contributed by atoms with Crippen LogP contribution < -0.4 is 5.32 Å². The molecule has 4 unspecified atom stereocenters. The summed E-state index contributed by atoms with van der Waals surface area (Å²) >= 11 is 0. The van der Waals surface area contributed by atoms with Crippen LogP contribution in [-0.2, 0) is 0 Å². The lowest BCUT2D eigenvalue weighted by Crippen LogP contribution is -2.46. The van der Waals surface area contributed by atoms with Crippen molar-refractivity contribution in [2.45, 2.75) is 84.7 Å². The van der Waals surface area contributed by atoms with Crippen LogP contribution in [0.3, 0.4) is 0 Å². The zero-order valence-electron chi connectivity index (χ0n) is 14.6. The number of hydrogen-bond acceptors (Lipinski definition) is 2. The lowest BCUT2D eigenvalue weighted by atomic mass is 9.76. The predicted molar refractivity (Wildman–Crippen MR) is 90.2 cm³/mol. The van der Waals surface area contributed by atoms with Crippen LogP contribution in [0.25, 0.3) is 0 Å². The molecule has 120 valence electrons. The molecule has 0 saturated heterocycles. The third kappa shape index (κ3) is 5.73. The smallest absolute Gasteiger partial charge is 0.0108 e. The van der Waals surface area contributed by atoms with Crippen molar-refractivity contribution in [1.29, 1.82) is 0 Å². The van der Waals surface area contributed by atoms with E-state index >= 15 is 0 Å². The molecule has 0 aliphatic heterocycles. The van der Waals surface area contributed by atoms with Gasteiger partial charge in [-0.3, -0.25) is 0 Å². The number of rotatable bonds is 9. The second kappa shape index (κ2) is 9.78. The lowest BCUT2D eigenvalue weighted by Gasteiger charge is -2.40. The fourth-order valence-electron chi connectivity index (χ4n) is 3.72. The van der Waals surface area contributed by atoms with E-state index in [0.29, 0.717) is 0 Å². The summed E-state index contributed by atoms with van der Waals surface area (Å²) in [5.41, 5.74) is 0. The lowest BCUT2D eigenvalue weighted by molar-refractivity contribution is 0.129. The summed E-state index contributed by atoms with van der Waals surface area (Å²) in [6, 6.07) is 1.49. The van der Waals surface area contributed by atoms with Crippen LogP contribution in [0.2, 0.25) is 0 Å². The van der Waals surface area contributed by atoms with Gasteiger partial charge in [0.25, 0.3) is 0 Å². The normalized spacial score (nSPS) is 28.8. The summed E-state index contributed by atoms with van der Waals surface area (Å²) in [5, 5.41) is 3.82. The minimum atomic E-state index is 0.730. The van der Waals surface area contributed by atoms with Crippen LogP contribution in [0.15, 0.2) is 0 Å². The van der Waals surface area contributed by atoms with E-state index in [2.05, 4.69) is 45.0 Å². The van der Waals surface area contributed by atoms with Gasteiger partial charge in [-0.2, -0.15) is 0 Å². The van der Waals surface area contributed by atoms with Crippen molar-refractivity contribution in [3.05, 3.63) is 0 Å². The Morgan fingerprint density at radius 1 is 1.15 bits per heavy atom. The van der Waals surface area contributed by atoms with Crippen molar-refractivity contribution >= 4 is 0 Å². The van der Waals surface area contributed by atoms with Crippen LogP contribution >= 0.6 is 0 Å². The maximum atomic E-state index is 3.82. The summed E-state index contributed by atoms with van der Waals surface area (Å²) in [4.78, 5) is 2.60. The molecule has 0 spiro atoms. The van der Waals surface area contributed by atoms with Crippen molar-refractivity contribution in [2.24, 2.45) is 11.8 Å². The van der Waals surface area contributed by atoms with E-state index in [1.165, 1.54) is 58.0 Å². The number of nitrogens with zero attached hydrogens (tertiary/aromatic N) is 1. The summed E-state index contributed by atoms with van der Waals surface area (Å²) in [6.45, 7) is 11.8. The maximum Gasteiger partial charge on any atom is 0.0108 e. The topological polar surface area (TPSA) is 15.3 Å². The van der Waals surface area contributed by atoms with E-state index in [9.17, 15) is 0 Å². The van der Waals surface area contributed by atoms with Gasteiger partial charge in [-0.1, -0.05) is 33.6 Å². The first kappa shape index (κ1) is 18.0. The van der Waals surface area contributed by atoms with Gasteiger partial charge in [0.2, 0.25) is 0 Å². The second-order valence-corrected chi connectivity index (χ2v) is 6.99. The number of hydrogen-bond donors (Lipinski definition) is 1. The predicted octanol–water partition coefficient (Wildman–Crippen LogP) is 4.30. The van der Waals surface area contributed by atoms with Crippen LogP contribution in [-0.4, -0.2) is 37.1 Å². The molecule has 20 heavy (non-hydrogen) atoms. The molecule has 1 aliphatic carbocycles. The molecule has 0 amide bonds. The molecule has 1 fully saturated rings. The molecule has 0 radical (unpaired) electrons. The van der Waals surface area contributed by atoms with Gasteiger partial charge in [0.1, 0.15) is 0 Å². The molecule has 1 saturated carbocycles. The Morgan fingerprint density at radius 3 is 2.50 bits per heavy atom. The average Bonchev–Trinajstić information content (AvgIpc) is 2.46. The SMILES string of the molecule is CCCNC1CCC(CC)CC1CN(C)C(C)CCC. The standard InChI is InChI=1S/C18H38N2/c1-6-9-15(4)20(5)14-17-13-16(8-3)10-11-18(17)19-12-7-2/h15-19H,6-14H2,1-5H3. The highest BCUT2D eigenvalue weighted by molar-refractivity contribution is 4.86.